The van der Waals surface area contributed by atoms with Gasteiger partial charge in [0.25, 0.3) is 5.91 Å². The Labute approximate surface area is 86.0 Å². The highest BCUT2D eigenvalue weighted by atomic mass is 32.2. The summed E-state index contributed by atoms with van der Waals surface area (Å²) in [5.74, 6) is 0.851. The Bertz CT molecular complexity index is 313. The van der Waals surface area contributed by atoms with Gasteiger partial charge in [0, 0.05) is 17.0 Å². The smallest absolute Gasteiger partial charge is 0.273 e. The molecule has 0 spiro atoms. The summed E-state index contributed by atoms with van der Waals surface area (Å²) in [6.07, 6.45) is 2.47. The number of rotatable bonds is 2. The van der Waals surface area contributed by atoms with E-state index < -0.39 is 0 Å². The molecule has 5 nitrogen and oxygen atoms in total. The van der Waals surface area contributed by atoms with Crippen molar-refractivity contribution in [3.8, 4) is 0 Å². The van der Waals surface area contributed by atoms with Crippen molar-refractivity contribution >= 4 is 17.7 Å². The molecule has 0 radical (unpaired) electrons. The number of thioether (sulfide) groups is 1. The van der Waals surface area contributed by atoms with Crippen molar-refractivity contribution in [1.29, 1.82) is 0 Å². The van der Waals surface area contributed by atoms with Gasteiger partial charge >= 0.3 is 0 Å². The van der Waals surface area contributed by atoms with Crippen LogP contribution in [0.5, 0.6) is 0 Å². The van der Waals surface area contributed by atoms with E-state index >= 15 is 0 Å². The number of amides is 1. The molecule has 1 aliphatic heterocycles. The molecule has 14 heavy (non-hydrogen) atoms. The molecule has 2 atom stereocenters. The molecule has 0 aliphatic carbocycles. The third kappa shape index (κ3) is 2.06. The Balaban J connectivity index is 1.89. The third-order valence-electron chi connectivity index (χ3n) is 2.18. The quantitative estimate of drug-likeness (QED) is 0.745. The maximum absolute atomic E-state index is 11.5. The molecule has 1 saturated heterocycles. The van der Waals surface area contributed by atoms with Gasteiger partial charge in [-0.05, 0) is 6.42 Å². The Morgan fingerprint density at radius 1 is 1.79 bits per heavy atom. The Morgan fingerprint density at radius 2 is 2.64 bits per heavy atom. The van der Waals surface area contributed by atoms with Crippen molar-refractivity contribution in [2.24, 2.45) is 0 Å². The van der Waals surface area contributed by atoms with Crippen LogP contribution in [0.25, 0.3) is 0 Å². The van der Waals surface area contributed by atoms with E-state index in [1.165, 1.54) is 6.20 Å². The molecule has 0 saturated carbocycles. The number of hydrogen-bond donors (Lipinski definition) is 2. The minimum absolute atomic E-state index is 0.140. The molecular weight excluding hydrogens is 200 g/mol. The van der Waals surface area contributed by atoms with Gasteiger partial charge in [-0.2, -0.15) is 27.2 Å². The summed E-state index contributed by atoms with van der Waals surface area (Å²) in [6.45, 7) is 2.17. The molecule has 2 heterocycles. The molecule has 2 rings (SSSR count). The summed E-state index contributed by atoms with van der Waals surface area (Å²) in [5, 5.41) is 13.3. The van der Waals surface area contributed by atoms with E-state index in [-0.39, 0.29) is 11.9 Å². The van der Waals surface area contributed by atoms with Crippen LogP contribution in [0.15, 0.2) is 6.20 Å². The number of carbonyl (C=O) groups is 1. The van der Waals surface area contributed by atoms with Gasteiger partial charge in [0.2, 0.25) is 0 Å². The lowest BCUT2D eigenvalue weighted by atomic mass is 10.2. The summed E-state index contributed by atoms with van der Waals surface area (Å²) >= 11 is 1.89. The van der Waals surface area contributed by atoms with Gasteiger partial charge in [0.1, 0.15) is 0 Å². The summed E-state index contributed by atoms with van der Waals surface area (Å²) in [5.41, 5.74) is 0.356. The zero-order chi connectivity index (χ0) is 9.97. The van der Waals surface area contributed by atoms with Gasteiger partial charge in [-0.25, -0.2) is 0 Å². The van der Waals surface area contributed by atoms with Crippen LogP contribution in [-0.4, -0.2) is 38.4 Å². The lowest BCUT2D eigenvalue weighted by Gasteiger charge is -2.09. The van der Waals surface area contributed by atoms with Gasteiger partial charge in [0.15, 0.2) is 5.69 Å². The largest absolute Gasteiger partial charge is 0.347 e. The molecule has 2 N–H and O–H groups in total. The molecule has 76 valence electrons. The zero-order valence-corrected chi connectivity index (χ0v) is 8.67. The van der Waals surface area contributed by atoms with Gasteiger partial charge in [-0.3, -0.25) is 4.79 Å². The van der Waals surface area contributed by atoms with Gasteiger partial charge in [0.05, 0.1) is 6.20 Å². The number of hydrogen-bond acceptors (Lipinski definition) is 4. The van der Waals surface area contributed by atoms with Crippen LogP contribution in [-0.2, 0) is 0 Å². The first-order valence-corrected chi connectivity index (χ1v) is 5.59. The maximum Gasteiger partial charge on any atom is 0.273 e. The van der Waals surface area contributed by atoms with E-state index in [2.05, 4.69) is 27.7 Å². The second-order valence-electron chi connectivity index (χ2n) is 3.41. The minimum Gasteiger partial charge on any atom is -0.347 e. The van der Waals surface area contributed by atoms with Gasteiger partial charge in [-0.15, -0.1) is 0 Å². The third-order valence-corrected chi connectivity index (χ3v) is 3.54. The van der Waals surface area contributed by atoms with E-state index in [4.69, 9.17) is 0 Å². The van der Waals surface area contributed by atoms with Crippen molar-refractivity contribution in [2.75, 3.05) is 5.75 Å². The fourth-order valence-electron chi connectivity index (χ4n) is 1.49. The second-order valence-corrected chi connectivity index (χ2v) is 4.88. The zero-order valence-electron chi connectivity index (χ0n) is 7.86. The predicted octanol–water partition coefficient (Wildman–Crippen LogP) is 0.428. The molecule has 2 unspecified atom stereocenters. The van der Waals surface area contributed by atoms with Crippen LogP contribution < -0.4 is 5.32 Å². The fraction of sp³-hybridized carbons (Fsp3) is 0.625. The molecule has 6 heteroatoms. The highest BCUT2D eigenvalue weighted by Crippen LogP contribution is 2.25. The number of aromatic nitrogens is 3. The molecule has 0 aromatic carbocycles. The average molecular weight is 212 g/mol. The maximum atomic E-state index is 11.5. The summed E-state index contributed by atoms with van der Waals surface area (Å²) in [4.78, 5) is 11.5. The monoisotopic (exact) mass is 212 g/mol. The van der Waals surface area contributed by atoms with E-state index in [0.29, 0.717) is 10.9 Å². The summed E-state index contributed by atoms with van der Waals surface area (Å²) in [6, 6.07) is 0.277. The number of carbonyl (C=O) groups excluding carboxylic acids is 1. The highest BCUT2D eigenvalue weighted by Gasteiger charge is 2.24. The first kappa shape index (κ1) is 9.51. The molecule has 1 aliphatic rings. The number of aromatic amines is 1. The summed E-state index contributed by atoms with van der Waals surface area (Å²) < 4.78 is 0. The van der Waals surface area contributed by atoms with Crippen molar-refractivity contribution in [3.63, 3.8) is 0 Å². The lowest BCUT2D eigenvalue weighted by Crippen LogP contribution is -2.35. The van der Waals surface area contributed by atoms with Gasteiger partial charge in [-0.1, -0.05) is 6.92 Å². The molecule has 0 bridgehead atoms. The standard InChI is InChI=1S/C8H12N4OS/c1-5-2-6(4-14-5)10-8(13)7-3-9-12-11-7/h3,5-6H,2,4H2,1H3,(H,10,13)(H,9,11,12). The Morgan fingerprint density at radius 3 is 3.21 bits per heavy atom. The van der Waals surface area contributed by atoms with Gasteiger partial charge < -0.3 is 5.32 Å². The van der Waals surface area contributed by atoms with Crippen molar-refractivity contribution in [2.45, 2.75) is 24.6 Å². The lowest BCUT2D eigenvalue weighted by molar-refractivity contribution is 0.0935. The fourth-order valence-corrected chi connectivity index (χ4v) is 2.64. The first-order valence-electron chi connectivity index (χ1n) is 4.54. The van der Waals surface area contributed by atoms with E-state index in [0.717, 1.165) is 12.2 Å². The molecule has 1 aromatic heterocycles. The van der Waals surface area contributed by atoms with Crippen LogP contribution in [0.3, 0.4) is 0 Å². The van der Waals surface area contributed by atoms with Crippen LogP contribution in [0, 0.1) is 0 Å². The van der Waals surface area contributed by atoms with Crippen LogP contribution in [0.1, 0.15) is 23.8 Å². The van der Waals surface area contributed by atoms with Crippen molar-refractivity contribution < 1.29 is 4.79 Å². The predicted molar refractivity (Wildman–Crippen MR) is 54.2 cm³/mol. The van der Waals surface area contributed by atoms with Crippen molar-refractivity contribution in [1.82, 2.24) is 20.7 Å². The van der Waals surface area contributed by atoms with Crippen LogP contribution in [0.2, 0.25) is 0 Å². The van der Waals surface area contributed by atoms with E-state index in [9.17, 15) is 4.79 Å². The molecule has 1 aromatic rings. The SMILES string of the molecule is CC1CC(NC(=O)c2cn[nH]n2)CS1. The summed E-state index contributed by atoms with van der Waals surface area (Å²) in [7, 11) is 0. The first-order chi connectivity index (χ1) is 6.75. The second kappa shape index (κ2) is 4.00. The Hall–Kier alpha value is -1.04. The normalized spacial score (nSPS) is 26.4. The molecule has 1 amide bonds. The molecule has 1 fully saturated rings. The Kier molecular flexibility index (Phi) is 2.72. The highest BCUT2D eigenvalue weighted by molar-refractivity contribution is 8.00. The molecular formula is C8H12N4OS. The topological polar surface area (TPSA) is 70.7 Å². The number of H-pyrrole nitrogens is 1. The van der Waals surface area contributed by atoms with Crippen molar-refractivity contribution in [3.05, 3.63) is 11.9 Å². The van der Waals surface area contributed by atoms with Crippen LogP contribution >= 0.6 is 11.8 Å². The number of nitrogens with one attached hydrogen (secondary N) is 2. The minimum atomic E-state index is -0.140. The average Bonchev–Trinajstić information content (AvgIpc) is 2.75. The van der Waals surface area contributed by atoms with Crippen LogP contribution in [0.4, 0.5) is 0 Å². The van der Waals surface area contributed by atoms with E-state index in [1.807, 2.05) is 11.8 Å². The number of nitrogens with zero attached hydrogens (tertiary/aromatic N) is 2. The van der Waals surface area contributed by atoms with E-state index in [1.54, 1.807) is 0 Å².